The van der Waals surface area contributed by atoms with Gasteiger partial charge in [-0.05, 0) is 64.1 Å². The van der Waals surface area contributed by atoms with Gasteiger partial charge in [-0.15, -0.1) is 0 Å². The molecule has 0 aliphatic rings. The van der Waals surface area contributed by atoms with Crippen molar-refractivity contribution in [1.82, 2.24) is 0 Å². The molecule has 0 saturated heterocycles. The van der Waals surface area contributed by atoms with Crippen LogP contribution in [0.1, 0.15) is 26.3 Å². The van der Waals surface area contributed by atoms with Gasteiger partial charge in [-0.3, -0.25) is 0 Å². The number of hydrogen-bond acceptors (Lipinski definition) is 5. The topological polar surface area (TPSA) is 79.2 Å². The summed E-state index contributed by atoms with van der Waals surface area (Å²) >= 11 is 0. The maximum atomic E-state index is 10.8. The second kappa shape index (κ2) is 9.96. The first kappa shape index (κ1) is 24.1. The average Bonchev–Trinajstić information content (AvgIpc) is 2.76. The summed E-state index contributed by atoms with van der Waals surface area (Å²) in [7, 11) is 4.08. The molecule has 6 heteroatoms. The van der Waals surface area contributed by atoms with Crippen molar-refractivity contribution in [1.29, 1.82) is 0 Å². The molecule has 3 rings (SSSR count). The van der Waals surface area contributed by atoms with Crippen molar-refractivity contribution in [2.45, 2.75) is 26.2 Å². The van der Waals surface area contributed by atoms with Crippen LogP contribution >= 0.6 is 0 Å². The summed E-state index contributed by atoms with van der Waals surface area (Å²) in [6.07, 6.45) is -1.34. The Kier molecular flexibility index (Phi) is 7.29. The van der Waals surface area contributed by atoms with Crippen LogP contribution < -0.4 is 14.4 Å². The highest BCUT2D eigenvalue weighted by Crippen LogP contribution is 2.39. The summed E-state index contributed by atoms with van der Waals surface area (Å²) in [4.78, 5) is 12.9. The van der Waals surface area contributed by atoms with E-state index in [0.29, 0.717) is 5.75 Å². The molecule has 0 atom stereocenters. The van der Waals surface area contributed by atoms with Gasteiger partial charge in [-0.2, -0.15) is 0 Å². The van der Waals surface area contributed by atoms with E-state index in [1.807, 2.05) is 38.4 Å². The van der Waals surface area contributed by atoms with E-state index < -0.39 is 6.16 Å². The summed E-state index contributed by atoms with van der Waals surface area (Å²) < 4.78 is 10.6. The van der Waals surface area contributed by atoms with Crippen LogP contribution in [0, 0.1) is 0 Å². The van der Waals surface area contributed by atoms with E-state index in [0.717, 1.165) is 27.9 Å². The Hall–Kier alpha value is -3.51. The number of aliphatic hydroxyl groups excluding tert-OH is 1. The molecule has 174 valence electrons. The normalized spacial score (nSPS) is 11.2. The maximum absolute atomic E-state index is 10.8. The smallest absolute Gasteiger partial charge is 0.491 e. The second-order valence-corrected chi connectivity index (χ2v) is 9.05. The molecule has 33 heavy (non-hydrogen) atoms. The zero-order valence-corrected chi connectivity index (χ0v) is 19.8. The number of carboxylic acid groups (broad SMARTS) is 1. The molecule has 0 aliphatic heterocycles. The largest absolute Gasteiger partial charge is 0.511 e. The molecule has 3 aromatic rings. The molecule has 2 N–H and O–H groups in total. The lowest BCUT2D eigenvalue weighted by molar-refractivity contribution is 0.144. The van der Waals surface area contributed by atoms with Crippen molar-refractivity contribution in [3.05, 3.63) is 66.2 Å². The molecule has 0 fully saturated rings. The van der Waals surface area contributed by atoms with Crippen LogP contribution in [0.2, 0.25) is 0 Å². The number of hydrogen-bond donors (Lipinski definition) is 2. The molecule has 0 bridgehead atoms. The van der Waals surface area contributed by atoms with E-state index in [2.05, 4.69) is 49.9 Å². The van der Waals surface area contributed by atoms with Gasteiger partial charge in [-0.1, -0.05) is 45.0 Å². The van der Waals surface area contributed by atoms with E-state index in [9.17, 15) is 9.90 Å². The lowest BCUT2D eigenvalue weighted by Gasteiger charge is -2.27. The van der Waals surface area contributed by atoms with Crippen molar-refractivity contribution in [3.63, 3.8) is 0 Å². The van der Waals surface area contributed by atoms with Crippen molar-refractivity contribution >= 4 is 11.8 Å². The summed E-state index contributed by atoms with van der Waals surface area (Å²) in [5.41, 5.74) is 6.14. The minimum atomic E-state index is -1.34. The molecule has 6 nitrogen and oxygen atoms in total. The SMILES string of the molecule is CN(C)c1ccc(-c2cc(-c3ccc(OC(=O)O)cc3)ccc2OCCO)cc1C(C)(C)C. The van der Waals surface area contributed by atoms with Gasteiger partial charge >= 0.3 is 6.16 Å². The van der Waals surface area contributed by atoms with E-state index >= 15 is 0 Å². The number of rotatable bonds is 7. The van der Waals surface area contributed by atoms with Gasteiger partial charge in [-0.25, -0.2) is 4.79 Å². The van der Waals surface area contributed by atoms with Gasteiger partial charge in [0.05, 0.1) is 6.61 Å². The first-order chi connectivity index (χ1) is 15.6. The fraction of sp³-hybridized carbons (Fsp3) is 0.296. The fourth-order valence-corrected chi connectivity index (χ4v) is 3.73. The zero-order valence-electron chi connectivity index (χ0n) is 19.8. The van der Waals surface area contributed by atoms with Crippen LogP contribution in [0.25, 0.3) is 22.3 Å². The highest BCUT2D eigenvalue weighted by molar-refractivity contribution is 5.80. The fourth-order valence-electron chi connectivity index (χ4n) is 3.73. The Morgan fingerprint density at radius 1 is 0.909 bits per heavy atom. The minimum absolute atomic E-state index is 0.0562. The molecule has 0 unspecified atom stereocenters. The second-order valence-electron chi connectivity index (χ2n) is 9.05. The number of carbonyl (C=O) groups is 1. The van der Waals surface area contributed by atoms with Crippen LogP contribution in [0.3, 0.4) is 0 Å². The summed E-state index contributed by atoms with van der Waals surface area (Å²) in [5, 5.41) is 18.1. The lowest BCUT2D eigenvalue weighted by atomic mass is 9.83. The molecule has 0 radical (unpaired) electrons. The first-order valence-electron chi connectivity index (χ1n) is 10.8. The quantitative estimate of drug-likeness (QED) is 0.350. The van der Waals surface area contributed by atoms with Gasteiger partial charge in [0.25, 0.3) is 0 Å². The summed E-state index contributed by atoms with van der Waals surface area (Å²) in [6, 6.07) is 19.2. The Balaban J connectivity index is 2.10. The van der Waals surface area contributed by atoms with Gasteiger partial charge in [0.2, 0.25) is 0 Å². The number of benzene rings is 3. The van der Waals surface area contributed by atoms with E-state index in [1.54, 1.807) is 12.1 Å². The lowest BCUT2D eigenvalue weighted by Crippen LogP contribution is -2.19. The number of aliphatic hydroxyl groups is 1. The van der Waals surface area contributed by atoms with Crippen LogP contribution in [-0.2, 0) is 5.41 Å². The van der Waals surface area contributed by atoms with Crippen molar-refractivity contribution in [2.24, 2.45) is 0 Å². The monoisotopic (exact) mass is 449 g/mol. The molecular weight excluding hydrogens is 418 g/mol. The van der Waals surface area contributed by atoms with Crippen LogP contribution in [0.5, 0.6) is 11.5 Å². The van der Waals surface area contributed by atoms with Crippen LogP contribution in [0.15, 0.2) is 60.7 Å². The Bertz CT molecular complexity index is 1110. The Labute approximate surface area is 195 Å². The highest BCUT2D eigenvalue weighted by atomic mass is 16.7. The highest BCUT2D eigenvalue weighted by Gasteiger charge is 2.21. The van der Waals surface area contributed by atoms with Crippen molar-refractivity contribution in [2.75, 3.05) is 32.2 Å². The molecule has 0 aromatic heterocycles. The number of nitrogens with zero attached hydrogens (tertiary/aromatic N) is 1. The van der Waals surface area contributed by atoms with E-state index in [-0.39, 0.29) is 24.4 Å². The zero-order chi connectivity index (χ0) is 24.2. The molecule has 0 amide bonds. The third-order valence-electron chi connectivity index (χ3n) is 5.32. The van der Waals surface area contributed by atoms with E-state index in [1.165, 1.54) is 5.56 Å². The molecule has 0 aliphatic carbocycles. The predicted octanol–water partition coefficient (Wildman–Crippen LogP) is 5.81. The van der Waals surface area contributed by atoms with Gasteiger partial charge in [0.1, 0.15) is 18.1 Å². The van der Waals surface area contributed by atoms with Gasteiger partial charge in [0, 0.05) is 25.3 Å². The standard InChI is InChI=1S/C27H31NO5/c1-27(2,3)23-17-20(8-12-24(23)28(4)5)22-16-19(9-13-25(22)32-15-14-29)18-6-10-21(11-7-18)33-26(30)31/h6-13,16-17,29H,14-15H2,1-5H3,(H,30,31). The third kappa shape index (κ3) is 5.84. The molecule has 3 aromatic carbocycles. The first-order valence-corrected chi connectivity index (χ1v) is 10.8. The summed E-state index contributed by atoms with van der Waals surface area (Å²) in [6.45, 7) is 6.72. The number of anilines is 1. The van der Waals surface area contributed by atoms with Crippen LogP contribution in [-0.4, -0.2) is 43.7 Å². The molecular formula is C27H31NO5. The van der Waals surface area contributed by atoms with Crippen molar-refractivity contribution in [3.8, 4) is 33.8 Å². The van der Waals surface area contributed by atoms with Gasteiger partial charge < -0.3 is 24.6 Å². The Morgan fingerprint density at radius 3 is 2.12 bits per heavy atom. The minimum Gasteiger partial charge on any atom is -0.491 e. The van der Waals surface area contributed by atoms with Crippen LogP contribution in [0.4, 0.5) is 10.5 Å². The number of ether oxygens (including phenoxy) is 2. The van der Waals surface area contributed by atoms with Gasteiger partial charge in [0.15, 0.2) is 0 Å². The van der Waals surface area contributed by atoms with E-state index in [4.69, 9.17) is 14.6 Å². The molecule has 0 spiro atoms. The molecule has 0 heterocycles. The predicted molar refractivity (Wildman–Crippen MR) is 132 cm³/mol. The third-order valence-corrected chi connectivity index (χ3v) is 5.32. The average molecular weight is 450 g/mol. The molecule has 0 saturated carbocycles. The summed E-state index contributed by atoms with van der Waals surface area (Å²) in [5.74, 6) is 0.958. The maximum Gasteiger partial charge on any atom is 0.511 e. The van der Waals surface area contributed by atoms with Crippen molar-refractivity contribution < 1.29 is 24.5 Å². The Morgan fingerprint density at radius 2 is 1.55 bits per heavy atom.